The Morgan fingerprint density at radius 1 is 0.939 bits per heavy atom. The van der Waals surface area contributed by atoms with E-state index >= 15 is 0 Å². The topological polar surface area (TPSA) is 82.2 Å². The molecule has 166 valence electrons. The summed E-state index contributed by atoms with van der Waals surface area (Å²) in [5.41, 5.74) is 4.27. The molecule has 1 amide bonds. The van der Waals surface area contributed by atoms with Gasteiger partial charge in [0.15, 0.2) is 0 Å². The third-order valence-electron chi connectivity index (χ3n) is 4.86. The smallest absolute Gasteiger partial charge is 0.280 e. The molecule has 0 fully saturated rings. The third-order valence-corrected chi connectivity index (χ3v) is 5.60. The number of halogens is 2. The van der Waals surface area contributed by atoms with Crippen molar-refractivity contribution in [3.8, 4) is 11.1 Å². The molecule has 0 aliphatic carbocycles. The summed E-state index contributed by atoms with van der Waals surface area (Å²) in [7, 11) is 0. The maximum Gasteiger partial charge on any atom is 0.280 e. The Morgan fingerprint density at radius 3 is 2.39 bits per heavy atom. The number of guanidine groups is 1. The van der Waals surface area contributed by atoms with Crippen molar-refractivity contribution < 1.29 is 4.79 Å². The van der Waals surface area contributed by atoms with Gasteiger partial charge in [-0.1, -0.05) is 65.7 Å². The van der Waals surface area contributed by atoms with Gasteiger partial charge in [-0.05, 0) is 41.5 Å². The summed E-state index contributed by atoms with van der Waals surface area (Å²) in [6.07, 6.45) is 4.12. The van der Waals surface area contributed by atoms with Gasteiger partial charge in [0, 0.05) is 30.4 Å². The molecule has 0 spiro atoms. The average molecular weight is 478 g/mol. The van der Waals surface area contributed by atoms with Gasteiger partial charge in [-0.15, -0.1) is 0 Å². The van der Waals surface area contributed by atoms with E-state index in [1.807, 2.05) is 48.7 Å². The number of benzene rings is 3. The van der Waals surface area contributed by atoms with E-state index in [2.05, 4.69) is 37.7 Å². The fraction of sp³-hybridized carbons (Fsp3) is 0.0800. The predicted molar refractivity (Wildman–Crippen MR) is 134 cm³/mol. The van der Waals surface area contributed by atoms with Crippen LogP contribution in [0, 0.1) is 0 Å². The van der Waals surface area contributed by atoms with Crippen molar-refractivity contribution in [2.24, 2.45) is 4.99 Å². The first-order chi connectivity index (χ1) is 16.1. The zero-order valence-corrected chi connectivity index (χ0v) is 19.1. The summed E-state index contributed by atoms with van der Waals surface area (Å²) in [6.45, 7) is 0.535. The molecule has 0 saturated heterocycles. The number of aromatic nitrogens is 2. The van der Waals surface area contributed by atoms with Crippen LogP contribution in [-0.4, -0.2) is 28.4 Å². The number of anilines is 1. The maximum absolute atomic E-state index is 12.8. The Balaban J connectivity index is 1.51. The average Bonchev–Trinajstić information content (AvgIpc) is 3.35. The van der Waals surface area contributed by atoms with E-state index in [1.165, 1.54) is 6.07 Å². The Hall–Kier alpha value is -3.61. The molecular weight excluding hydrogens is 457 g/mol. The summed E-state index contributed by atoms with van der Waals surface area (Å²) < 4.78 is 0. The Kier molecular flexibility index (Phi) is 7.40. The molecule has 4 aromatic rings. The lowest BCUT2D eigenvalue weighted by atomic mass is 10.1. The first kappa shape index (κ1) is 22.6. The first-order valence-corrected chi connectivity index (χ1v) is 11.1. The number of hydrogen-bond donors (Lipinski definition) is 3. The van der Waals surface area contributed by atoms with Gasteiger partial charge in [-0.3, -0.25) is 4.79 Å². The second kappa shape index (κ2) is 10.8. The van der Waals surface area contributed by atoms with E-state index in [-0.39, 0.29) is 0 Å². The minimum Gasteiger partial charge on any atom is -0.355 e. The molecule has 0 saturated carbocycles. The van der Waals surface area contributed by atoms with Crippen LogP contribution in [-0.2, 0) is 6.42 Å². The summed E-state index contributed by atoms with van der Waals surface area (Å²) in [5.74, 6) is -0.113. The molecule has 6 nitrogen and oxygen atoms in total. The number of carbonyl (C=O) groups excluding carboxylic acids is 1. The van der Waals surface area contributed by atoms with Crippen molar-refractivity contribution in [1.82, 2.24) is 15.3 Å². The van der Waals surface area contributed by atoms with E-state index in [4.69, 9.17) is 23.2 Å². The number of amides is 1. The van der Waals surface area contributed by atoms with Crippen molar-refractivity contribution in [3.63, 3.8) is 0 Å². The van der Waals surface area contributed by atoms with Gasteiger partial charge in [0.05, 0.1) is 22.1 Å². The van der Waals surface area contributed by atoms with Crippen LogP contribution in [0.2, 0.25) is 10.0 Å². The van der Waals surface area contributed by atoms with Crippen LogP contribution in [0.4, 0.5) is 5.69 Å². The van der Waals surface area contributed by atoms with Crippen LogP contribution in [0.15, 0.2) is 90.3 Å². The van der Waals surface area contributed by atoms with Crippen LogP contribution in [0.25, 0.3) is 11.1 Å². The molecule has 33 heavy (non-hydrogen) atoms. The maximum atomic E-state index is 12.8. The van der Waals surface area contributed by atoms with Crippen molar-refractivity contribution >= 4 is 40.8 Å². The number of carbonyl (C=O) groups is 1. The largest absolute Gasteiger partial charge is 0.355 e. The van der Waals surface area contributed by atoms with Crippen LogP contribution in [0.5, 0.6) is 0 Å². The first-order valence-electron chi connectivity index (χ1n) is 10.3. The number of imidazole rings is 1. The molecule has 1 aromatic heterocycles. The number of rotatable bonds is 6. The zero-order valence-electron chi connectivity index (χ0n) is 17.6. The van der Waals surface area contributed by atoms with Crippen molar-refractivity contribution in [2.45, 2.75) is 6.42 Å². The van der Waals surface area contributed by atoms with Crippen LogP contribution < -0.4 is 10.6 Å². The fourth-order valence-electron chi connectivity index (χ4n) is 3.16. The number of nitrogens with zero attached hydrogens (tertiary/aromatic N) is 2. The Morgan fingerprint density at radius 2 is 1.70 bits per heavy atom. The van der Waals surface area contributed by atoms with Crippen molar-refractivity contribution in [1.29, 1.82) is 0 Å². The van der Waals surface area contributed by atoms with Gasteiger partial charge in [0.25, 0.3) is 5.91 Å². The summed E-state index contributed by atoms with van der Waals surface area (Å²) >= 11 is 12.0. The molecule has 0 unspecified atom stereocenters. The van der Waals surface area contributed by atoms with E-state index in [0.29, 0.717) is 34.5 Å². The molecule has 0 atom stereocenters. The van der Waals surface area contributed by atoms with Crippen LogP contribution >= 0.6 is 23.2 Å². The highest BCUT2D eigenvalue weighted by atomic mass is 35.5. The lowest BCUT2D eigenvalue weighted by molar-refractivity contribution is 0.100. The van der Waals surface area contributed by atoms with E-state index in [1.54, 1.807) is 18.5 Å². The standard InChI is InChI=1S/C25H21Cl2N5O/c26-22-11-8-19(14-23(22)27)24(33)32-25(29-13-12-21-15-28-16-30-21)31-20-9-6-18(7-10-20)17-4-2-1-3-5-17/h1-11,14-16H,12-13H2,(H,28,30)(H2,29,31,32,33). The highest BCUT2D eigenvalue weighted by molar-refractivity contribution is 6.42. The number of hydrogen-bond acceptors (Lipinski definition) is 2. The van der Waals surface area contributed by atoms with Gasteiger partial charge >= 0.3 is 0 Å². The highest BCUT2D eigenvalue weighted by Gasteiger charge is 2.10. The minimum atomic E-state index is -0.441. The summed E-state index contributed by atoms with van der Waals surface area (Å²) in [4.78, 5) is 24.1. The van der Waals surface area contributed by atoms with Gasteiger partial charge in [0.2, 0.25) is 5.96 Å². The Bertz CT molecular complexity index is 1240. The molecule has 1 heterocycles. The van der Waals surface area contributed by atoms with Crippen molar-refractivity contribution in [3.05, 3.63) is 107 Å². The molecule has 4 rings (SSSR count). The van der Waals surface area contributed by atoms with Crippen molar-refractivity contribution in [2.75, 3.05) is 11.9 Å². The number of nitrogens with one attached hydrogen (secondary N) is 3. The molecule has 0 radical (unpaired) electrons. The quantitative estimate of drug-likeness (QED) is 0.241. The zero-order chi connectivity index (χ0) is 23.0. The molecule has 0 bridgehead atoms. The van der Waals surface area contributed by atoms with Gasteiger partial charge < -0.3 is 15.6 Å². The number of H-pyrrole nitrogens is 1. The van der Waals surface area contributed by atoms with Gasteiger partial charge in [-0.25, -0.2) is 4.98 Å². The minimum absolute atomic E-state index is 0.301. The predicted octanol–water partition coefficient (Wildman–Crippen LogP) is 5.82. The van der Waals surface area contributed by atoms with E-state index < -0.39 is 5.91 Å². The summed E-state index contributed by atoms with van der Waals surface area (Å²) in [6, 6.07) is 22.7. The summed E-state index contributed by atoms with van der Waals surface area (Å²) in [5, 5.41) is 7.06. The highest BCUT2D eigenvalue weighted by Crippen LogP contribution is 2.23. The third kappa shape index (κ3) is 6.22. The van der Waals surface area contributed by atoms with E-state index in [9.17, 15) is 4.79 Å². The van der Waals surface area contributed by atoms with Gasteiger partial charge in [-0.2, -0.15) is 4.99 Å². The van der Waals surface area contributed by atoms with Crippen LogP contribution in [0.1, 0.15) is 16.1 Å². The number of aliphatic imine (C=N–C) groups is 1. The molecule has 3 N–H and O–H groups in total. The monoisotopic (exact) mass is 477 g/mol. The van der Waals surface area contributed by atoms with E-state index in [0.717, 1.165) is 22.5 Å². The molecule has 0 aliphatic rings. The Labute approximate surface area is 201 Å². The lowest BCUT2D eigenvalue weighted by Crippen LogP contribution is -2.33. The second-order valence-electron chi connectivity index (χ2n) is 7.20. The molecule has 3 aromatic carbocycles. The normalized spacial score (nSPS) is 11.3. The molecule has 0 aliphatic heterocycles. The molecule has 8 heteroatoms. The fourth-order valence-corrected chi connectivity index (χ4v) is 3.45. The molecular formula is C25H21Cl2N5O. The van der Waals surface area contributed by atoms with Crippen LogP contribution in [0.3, 0.4) is 0 Å². The SMILES string of the molecule is O=C(/N=C(/NCCc1c[nH]cn1)Nc1ccc(-c2ccccc2)cc1)c1ccc(Cl)c(Cl)c1. The van der Waals surface area contributed by atoms with Gasteiger partial charge in [0.1, 0.15) is 0 Å². The number of aromatic amines is 1. The lowest BCUT2D eigenvalue weighted by Gasteiger charge is -2.13. The second-order valence-corrected chi connectivity index (χ2v) is 8.01.